The Morgan fingerprint density at radius 3 is 2.00 bits per heavy atom. The molecule has 0 unspecified atom stereocenters. The molecular formula is C11H16ClNO2. The molecule has 4 heteroatoms. The highest BCUT2D eigenvalue weighted by Gasteiger charge is 2.36. The van der Waals surface area contributed by atoms with Gasteiger partial charge in [0.25, 0.3) is 5.79 Å². The maximum Gasteiger partial charge on any atom is 0.261 e. The van der Waals surface area contributed by atoms with E-state index < -0.39 is 5.79 Å². The average molecular weight is 230 g/mol. The van der Waals surface area contributed by atoms with Gasteiger partial charge in [-0.05, 0) is 26.2 Å². The molecule has 1 heterocycles. The molecule has 0 aromatic heterocycles. The second kappa shape index (κ2) is 4.29. The van der Waals surface area contributed by atoms with E-state index in [-0.39, 0.29) is 12.4 Å². The number of fused-ring (bicyclic) bond motifs is 1. The van der Waals surface area contributed by atoms with Gasteiger partial charge in [-0.3, -0.25) is 0 Å². The number of likely N-dealkylation sites (N-methyl/N-ethyl adjacent to an activating group) is 1. The van der Waals surface area contributed by atoms with Crippen molar-refractivity contribution in [2.24, 2.45) is 0 Å². The molecule has 0 radical (unpaired) electrons. The molecule has 0 saturated carbocycles. The third kappa shape index (κ3) is 2.55. The molecule has 15 heavy (non-hydrogen) atoms. The van der Waals surface area contributed by atoms with Crippen LogP contribution in [0.25, 0.3) is 0 Å². The summed E-state index contributed by atoms with van der Waals surface area (Å²) in [5, 5.41) is 0. The van der Waals surface area contributed by atoms with Crippen molar-refractivity contribution in [2.75, 3.05) is 20.6 Å². The van der Waals surface area contributed by atoms with Crippen LogP contribution in [0.15, 0.2) is 24.3 Å². The molecule has 0 amide bonds. The molecule has 0 fully saturated rings. The first-order chi connectivity index (χ1) is 6.59. The third-order valence-corrected chi connectivity index (χ3v) is 2.10. The van der Waals surface area contributed by atoms with Crippen molar-refractivity contribution in [1.82, 2.24) is 4.90 Å². The SMILES string of the molecule is CN(C)CC1(C)Oc2ccccc2O1.Cl. The topological polar surface area (TPSA) is 21.7 Å². The van der Waals surface area contributed by atoms with E-state index >= 15 is 0 Å². The molecule has 0 saturated heterocycles. The van der Waals surface area contributed by atoms with Crippen molar-refractivity contribution >= 4 is 12.4 Å². The van der Waals surface area contributed by atoms with Crippen molar-refractivity contribution in [1.29, 1.82) is 0 Å². The Hall–Kier alpha value is -0.930. The molecule has 2 rings (SSSR count). The third-order valence-electron chi connectivity index (χ3n) is 2.10. The van der Waals surface area contributed by atoms with Gasteiger partial charge in [-0.1, -0.05) is 12.1 Å². The van der Waals surface area contributed by atoms with Gasteiger partial charge in [0.05, 0.1) is 6.54 Å². The molecule has 0 spiro atoms. The standard InChI is InChI=1S/C11H15NO2.ClH/c1-11(8-12(2)3)13-9-6-4-5-7-10(9)14-11;/h4-7H,8H2,1-3H3;1H. The molecule has 84 valence electrons. The average Bonchev–Trinajstić information content (AvgIpc) is 2.38. The summed E-state index contributed by atoms with van der Waals surface area (Å²) in [6, 6.07) is 7.75. The second-order valence-corrected chi connectivity index (χ2v) is 4.02. The fraction of sp³-hybridized carbons (Fsp3) is 0.455. The van der Waals surface area contributed by atoms with Gasteiger partial charge in [-0.15, -0.1) is 12.4 Å². The normalized spacial score (nSPS) is 16.3. The summed E-state index contributed by atoms with van der Waals surface area (Å²) in [4.78, 5) is 2.05. The van der Waals surface area contributed by atoms with Crippen LogP contribution in [-0.2, 0) is 0 Å². The molecule has 1 aliphatic rings. The van der Waals surface area contributed by atoms with Gasteiger partial charge in [-0.25, -0.2) is 0 Å². The highest BCUT2D eigenvalue weighted by Crippen LogP contribution is 2.38. The minimum absolute atomic E-state index is 0. The maximum atomic E-state index is 5.74. The number of ether oxygens (including phenoxy) is 2. The van der Waals surface area contributed by atoms with Crippen LogP contribution in [0.1, 0.15) is 6.92 Å². The van der Waals surface area contributed by atoms with Crippen LogP contribution in [0.2, 0.25) is 0 Å². The molecule has 1 aromatic carbocycles. The van der Waals surface area contributed by atoms with Crippen LogP contribution in [0.5, 0.6) is 11.5 Å². The molecule has 3 nitrogen and oxygen atoms in total. The van der Waals surface area contributed by atoms with E-state index in [1.54, 1.807) is 0 Å². The first kappa shape index (κ1) is 12.1. The summed E-state index contributed by atoms with van der Waals surface area (Å²) in [7, 11) is 4.00. The minimum atomic E-state index is -0.548. The van der Waals surface area contributed by atoms with Crippen LogP contribution in [0, 0.1) is 0 Å². The minimum Gasteiger partial charge on any atom is -0.447 e. The molecule has 0 atom stereocenters. The largest absolute Gasteiger partial charge is 0.447 e. The maximum absolute atomic E-state index is 5.74. The first-order valence-corrected chi connectivity index (χ1v) is 4.71. The fourth-order valence-corrected chi connectivity index (χ4v) is 1.74. The zero-order valence-corrected chi connectivity index (χ0v) is 10.0. The lowest BCUT2D eigenvalue weighted by Gasteiger charge is -2.26. The predicted molar refractivity (Wildman–Crippen MR) is 61.9 cm³/mol. The zero-order chi connectivity index (χ0) is 10.2. The first-order valence-electron chi connectivity index (χ1n) is 4.71. The van der Waals surface area contributed by atoms with Gasteiger partial charge in [0.1, 0.15) is 0 Å². The monoisotopic (exact) mass is 229 g/mol. The Morgan fingerprint density at radius 2 is 1.60 bits per heavy atom. The summed E-state index contributed by atoms with van der Waals surface area (Å²) in [5.41, 5.74) is 0. The van der Waals surface area contributed by atoms with Crippen LogP contribution in [0.3, 0.4) is 0 Å². The van der Waals surface area contributed by atoms with Gasteiger partial charge in [0.15, 0.2) is 11.5 Å². The van der Waals surface area contributed by atoms with Gasteiger partial charge >= 0.3 is 0 Å². The van der Waals surface area contributed by atoms with Crippen molar-refractivity contribution in [2.45, 2.75) is 12.7 Å². The summed E-state index contributed by atoms with van der Waals surface area (Å²) >= 11 is 0. The molecule has 1 aromatic rings. The smallest absolute Gasteiger partial charge is 0.261 e. The van der Waals surface area contributed by atoms with E-state index in [2.05, 4.69) is 0 Å². The zero-order valence-electron chi connectivity index (χ0n) is 9.19. The summed E-state index contributed by atoms with van der Waals surface area (Å²) in [5.74, 6) is 1.11. The quantitative estimate of drug-likeness (QED) is 0.776. The van der Waals surface area contributed by atoms with E-state index in [0.29, 0.717) is 0 Å². The summed E-state index contributed by atoms with van der Waals surface area (Å²) in [6.45, 7) is 2.69. The lowest BCUT2D eigenvalue weighted by molar-refractivity contribution is -0.0766. The number of hydrogen-bond acceptors (Lipinski definition) is 3. The van der Waals surface area contributed by atoms with E-state index in [1.807, 2.05) is 50.2 Å². The van der Waals surface area contributed by atoms with Crippen molar-refractivity contribution in [3.63, 3.8) is 0 Å². The van der Waals surface area contributed by atoms with Gasteiger partial charge in [0, 0.05) is 6.92 Å². The summed E-state index contributed by atoms with van der Waals surface area (Å²) in [6.07, 6.45) is 0. The molecular weight excluding hydrogens is 214 g/mol. The van der Waals surface area contributed by atoms with Crippen molar-refractivity contribution in [3.05, 3.63) is 24.3 Å². The molecule has 1 aliphatic heterocycles. The molecule has 0 N–H and O–H groups in total. The lowest BCUT2D eigenvalue weighted by Crippen LogP contribution is -2.44. The van der Waals surface area contributed by atoms with Crippen molar-refractivity contribution in [3.8, 4) is 11.5 Å². The lowest BCUT2D eigenvalue weighted by atomic mass is 10.3. The van der Waals surface area contributed by atoms with E-state index in [0.717, 1.165) is 18.0 Å². The molecule has 0 bridgehead atoms. The number of hydrogen-bond donors (Lipinski definition) is 0. The van der Waals surface area contributed by atoms with Crippen LogP contribution >= 0.6 is 12.4 Å². The number of para-hydroxylation sites is 2. The fourth-order valence-electron chi connectivity index (χ4n) is 1.74. The second-order valence-electron chi connectivity index (χ2n) is 4.02. The van der Waals surface area contributed by atoms with Crippen molar-refractivity contribution < 1.29 is 9.47 Å². The number of benzene rings is 1. The van der Waals surface area contributed by atoms with Crippen LogP contribution < -0.4 is 9.47 Å². The summed E-state index contributed by atoms with van der Waals surface area (Å²) < 4.78 is 11.5. The Balaban J connectivity index is 0.00000112. The number of rotatable bonds is 2. The Kier molecular flexibility index (Phi) is 3.47. The Bertz CT molecular complexity index is 316. The molecule has 0 aliphatic carbocycles. The van der Waals surface area contributed by atoms with E-state index in [4.69, 9.17) is 9.47 Å². The van der Waals surface area contributed by atoms with Crippen LogP contribution in [-0.4, -0.2) is 31.3 Å². The van der Waals surface area contributed by atoms with Gasteiger partial charge < -0.3 is 14.4 Å². The van der Waals surface area contributed by atoms with E-state index in [1.165, 1.54) is 0 Å². The predicted octanol–water partition coefficient (Wildman–Crippen LogP) is 2.16. The Labute approximate surface area is 96.4 Å². The van der Waals surface area contributed by atoms with Crippen LogP contribution in [0.4, 0.5) is 0 Å². The van der Waals surface area contributed by atoms with E-state index in [9.17, 15) is 0 Å². The van der Waals surface area contributed by atoms with Gasteiger partial charge in [-0.2, -0.15) is 0 Å². The Morgan fingerprint density at radius 1 is 1.13 bits per heavy atom. The van der Waals surface area contributed by atoms with Gasteiger partial charge in [0.2, 0.25) is 0 Å². The highest BCUT2D eigenvalue weighted by atomic mass is 35.5. The number of halogens is 1. The number of nitrogens with zero attached hydrogens (tertiary/aromatic N) is 1. The highest BCUT2D eigenvalue weighted by molar-refractivity contribution is 5.85.